The number of nitrogens with zero attached hydrogens (tertiary/aromatic N) is 4. The van der Waals surface area contributed by atoms with Gasteiger partial charge < -0.3 is 19.0 Å². The molecule has 3 heterocycles. The van der Waals surface area contributed by atoms with Gasteiger partial charge in [0.25, 0.3) is 0 Å². The summed E-state index contributed by atoms with van der Waals surface area (Å²) in [6, 6.07) is 6.40. The van der Waals surface area contributed by atoms with Crippen molar-refractivity contribution >= 4 is 22.6 Å². The van der Waals surface area contributed by atoms with Crippen LogP contribution < -0.4 is 4.74 Å². The van der Waals surface area contributed by atoms with E-state index in [1.807, 2.05) is 0 Å². The number of esters is 1. The quantitative estimate of drug-likeness (QED) is 0.0787. The predicted molar refractivity (Wildman–Crippen MR) is 156 cm³/mol. The minimum Gasteiger partial charge on any atom is -0.494 e. The molecule has 256 valence electrons. The van der Waals surface area contributed by atoms with E-state index in [-0.39, 0.29) is 59.4 Å². The summed E-state index contributed by atoms with van der Waals surface area (Å²) in [5.41, 5.74) is -1.33. The fraction of sp³-hybridized carbons (Fsp3) is 0.310. The van der Waals surface area contributed by atoms with E-state index in [1.165, 1.54) is 24.4 Å². The number of nitrogens with one attached hydrogen (secondary N) is 1. The number of rotatable bonds is 13. The highest BCUT2D eigenvalue weighted by Crippen LogP contribution is 2.40. The number of imidazole rings is 1. The van der Waals surface area contributed by atoms with Gasteiger partial charge in [-0.1, -0.05) is 18.1 Å². The average molecular weight is 700 g/mol. The topological polar surface area (TPSA) is 169 Å². The molecule has 48 heavy (non-hydrogen) atoms. The molecule has 0 fully saturated rings. The van der Waals surface area contributed by atoms with Gasteiger partial charge in [-0.25, -0.2) is 22.7 Å². The number of ether oxygens (including phenoxy) is 2. The molecule has 0 aliphatic carbocycles. The zero-order valence-corrected chi connectivity index (χ0v) is 25.6. The molecule has 19 heteroatoms. The molecule has 0 amide bonds. The van der Waals surface area contributed by atoms with Crippen LogP contribution in [0.4, 0.5) is 22.0 Å². The summed E-state index contributed by atoms with van der Waals surface area (Å²) < 4.78 is 121. The summed E-state index contributed by atoms with van der Waals surface area (Å²) >= 11 is 0. The van der Waals surface area contributed by atoms with Crippen LogP contribution in [-0.4, -0.2) is 65.1 Å². The number of H-pyrrole nitrogens is 1. The van der Waals surface area contributed by atoms with Gasteiger partial charge in [0.05, 0.1) is 49.4 Å². The molecule has 2 aromatic heterocycles. The molecule has 1 aliphatic rings. The number of fused-ring (bicyclic) bond motifs is 1. The van der Waals surface area contributed by atoms with Gasteiger partial charge in [-0.2, -0.15) is 26.7 Å². The standard InChI is InChI=1S/C29H26F5N5O8S/c1-2-9-44-16-7-8-17(19(12-16)29(32,33)34)21-13-24(47-38-21)26(28(40)45-10-4-11-46-48(41,42)43)39-15-23-22(14-35-39)36-27(37-23)18-5-3-6-20(30)25(18)31/h3,5-8,12-14,26H,2,4,9-11,15H2,1H3,(H,36,37)(H,41,42,43). The van der Waals surface area contributed by atoms with E-state index in [4.69, 9.17) is 18.5 Å². The highest BCUT2D eigenvalue weighted by Gasteiger charge is 2.38. The predicted octanol–water partition coefficient (Wildman–Crippen LogP) is 5.46. The zero-order valence-electron chi connectivity index (χ0n) is 24.8. The minimum absolute atomic E-state index is 0.00779. The number of benzene rings is 2. The molecule has 2 N–H and O–H groups in total. The largest absolute Gasteiger partial charge is 0.494 e. The number of hydrogen-bond acceptors (Lipinski definition) is 11. The summed E-state index contributed by atoms with van der Waals surface area (Å²) in [7, 11) is -4.73. The van der Waals surface area contributed by atoms with Crippen LogP contribution in [0.3, 0.4) is 0 Å². The molecule has 13 nitrogen and oxygen atoms in total. The summed E-state index contributed by atoms with van der Waals surface area (Å²) in [6.07, 6.45) is -3.19. The number of aromatic nitrogens is 3. The molecule has 1 atom stereocenters. The molecule has 0 spiro atoms. The van der Waals surface area contributed by atoms with Crippen LogP contribution in [-0.2, 0) is 36.8 Å². The monoisotopic (exact) mass is 699 g/mol. The molecule has 0 bridgehead atoms. The van der Waals surface area contributed by atoms with Gasteiger partial charge in [0, 0.05) is 18.1 Å². The van der Waals surface area contributed by atoms with Crippen molar-refractivity contribution in [1.29, 1.82) is 0 Å². The van der Waals surface area contributed by atoms with E-state index < -0.39 is 59.0 Å². The Hall–Kier alpha value is -4.88. The fourth-order valence-electron chi connectivity index (χ4n) is 4.65. The molecular formula is C29H26F5N5O8S. The second-order valence-corrected chi connectivity index (χ2v) is 11.3. The first-order chi connectivity index (χ1) is 22.7. The summed E-state index contributed by atoms with van der Waals surface area (Å²) in [5, 5.41) is 9.13. The lowest BCUT2D eigenvalue weighted by atomic mass is 10.0. The Balaban J connectivity index is 1.45. The van der Waals surface area contributed by atoms with E-state index >= 15 is 0 Å². The number of hydrogen-bond donors (Lipinski definition) is 2. The van der Waals surface area contributed by atoms with Gasteiger partial charge in [0.1, 0.15) is 23.0 Å². The van der Waals surface area contributed by atoms with Crippen LogP contribution in [0.5, 0.6) is 5.75 Å². The van der Waals surface area contributed by atoms with Crippen LogP contribution >= 0.6 is 0 Å². The number of alkyl halides is 3. The van der Waals surface area contributed by atoms with E-state index in [2.05, 4.69) is 24.4 Å². The Morgan fingerprint density at radius 2 is 1.92 bits per heavy atom. The normalized spacial score (nSPS) is 13.8. The number of carbonyl (C=O) groups excluding carboxylic acids is 1. The fourth-order valence-corrected chi connectivity index (χ4v) is 4.98. The van der Waals surface area contributed by atoms with E-state index in [0.717, 1.165) is 29.3 Å². The molecule has 0 saturated heterocycles. The van der Waals surface area contributed by atoms with Gasteiger partial charge in [-0.05, 0) is 36.8 Å². The van der Waals surface area contributed by atoms with Crippen molar-refractivity contribution in [3.63, 3.8) is 0 Å². The third kappa shape index (κ3) is 7.97. The second kappa shape index (κ2) is 14.1. The average Bonchev–Trinajstić information content (AvgIpc) is 3.68. The van der Waals surface area contributed by atoms with Crippen LogP contribution in [0.1, 0.15) is 48.5 Å². The Bertz CT molecular complexity index is 1930. The molecule has 4 aromatic rings. The molecule has 1 unspecified atom stereocenters. The molecular weight excluding hydrogens is 673 g/mol. The van der Waals surface area contributed by atoms with E-state index in [1.54, 1.807) is 6.92 Å². The Morgan fingerprint density at radius 1 is 1.12 bits per heavy atom. The van der Waals surface area contributed by atoms with E-state index in [9.17, 15) is 35.2 Å². The SMILES string of the molecule is CCCOc1ccc(-c2cc(C(C(=O)OCCCOS(=O)(=O)O)N3Cc4[nH]c(-c5cccc(F)c5F)nc4C=N3)on2)c(C(F)(F)F)c1. The number of aromatic amines is 1. The van der Waals surface area contributed by atoms with Crippen molar-refractivity contribution < 1.29 is 57.9 Å². The van der Waals surface area contributed by atoms with Crippen molar-refractivity contribution in [2.24, 2.45) is 5.10 Å². The Labute approximate surface area is 269 Å². The number of carbonyl (C=O) groups is 1. The summed E-state index contributed by atoms with van der Waals surface area (Å²) in [6.45, 7) is 0.852. The minimum atomic E-state index is -4.81. The number of halogens is 5. The highest BCUT2D eigenvalue weighted by molar-refractivity contribution is 7.80. The van der Waals surface area contributed by atoms with Crippen molar-refractivity contribution in [2.75, 3.05) is 19.8 Å². The Kier molecular flexibility index (Phi) is 10.1. The number of hydrazone groups is 1. The maximum absolute atomic E-state index is 14.5. The second-order valence-electron chi connectivity index (χ2n) is 10.2. The molecule has 5 rings (SSSR count). The molecule has 0 saturated carbocycles. The first-order valence-electron chi connectivity index (χ1n) is 14.2. The zero-order chi connectivity index (χ0) is 34.6. The van der Waals surface area contributed by atoms with Gasteiger partial charge in [-0.15, -0.1) is 0 Å². The van der Waals surface area contributed by atoms with Gasteiger partial charge in [0.15, 0.2) is 17.4 Å². The first kappa shape index (κ1) is 34.5. The lowest BCUT2D eigenvalue weighted by molar-refractivity contribution is -0.152. The van der Waals surface area contributed by atoms with Gasteiger partial charge in [0.2, 0.25) is 6.04 Å². The third-order valence-electron chi connectivity index (χ3n) is 6.80. The molecule has 0 radical (unpaired) electrons. The first-order valence-corrected chi connectivity index (χ1v) is 15.5. The van der Waals surface area contributed by atoms with Crippen molar-refractivity contribution in [1.82, 2.24) is 20.1 Å². The van der Waals surface area contributed by atoms with Crippen LogP contribution in [0.25, 0.3) is 22.6 Å². The maximum atomic E-state index is 14.5. The third-order valence-corrected chi connectivity index (χ3v) is 7.26. The van der Waals surface area contributed by atoms with E-state index in [0.29, 0.717) is 12.1 Å². The highest BCUT2D eigenvalue weighted by atomic mass is 32.3. The van der Waals surface area contributed by atoms with Gasteiger partial charge >= 0.3 is 22.5 Å². The molecule has 1 aliphatic heterocycles. The van der Waals surface area contributed by atoms with Crippen molar-refractivity contribution in [2.45, 2.75) is 38.5 Å². The van der Waals surface area contributed by atoms with Crippen LogP contribution in [0.2, 0.25) is 0 Å². The van der Waals surface area contributed by atoms with Gasteiger partial charge in [-0.3, -0.25) is 9.56 Å². The molecule has 2 aromatic carbocycles. The van der Waals surface area contributed by atoms with Crippen LogP contribution in [0.15, 0.2) is 52.1 Å². The smallest absolute Gasteiger partial charge is 0.417 e. The Morgan fingerprint density at radius 3 is 2.65 bits per heavy atom. The lowest BCUT2D eigenvalue weighted by Crippen LogP contribution is -2.33. The maximum Gasteiger partial charge on any atom is 0.417 e. The van der Waals surface area contributed by atoms with Crippen LogP contribution in [0, 0.1) is 11.6 Å². The lowest BCUT2D eigenvalue weighted by Gasteiger charge is -2.27. The summed E-state index contributed by atoms with van der Waals surface area (Å²) in [4.78, 5) is 20.5. The van der Waals surface area contributed by atoms with Crippen molar-refractivity contribution in [3.8, 4) is 28.4 Å². The summed E-state index contributed by atoms with van der Waals surface area (Å²) in [5.74, 6) is -3.59. The van der Waals surface area contributed by atoms with Crippen molar-refractivity contribution in [3.05, 3.63) is 76.8 Å².